The van der Waals surface area contributed by atoms with Crippen LogP contribution in [0.4, 0.5) is 5.69 Å². The average molecular weight is 410 g/mol. The Balaban J connectivity index is 1.32. The lowest BCUT2D eigenvalue weighted by Crippen LogP contribution is -2.18. The average Bonchev–Trinajstić information content (AvgIpc) is 2.79. The van der Waals surface area contributed by atoms with Gasteiger partial charge in [-0.2, -0.15) is 0 Å². The molecule has 0 radical (unpaired) electrons. The summed E-state index contributed by atoms with van der Waals surface area (Å²) in [6, 6.07) is 8.45. The van der Waals surface area contributed by atoms with Crippen molar-refractivity contribution in [3.8, 4) is 0 Å². The van der Waals surface area contributed by atoms with E-state index in [0.717, 1.165) is 23.4 Å². The highest BCUT2D eigenvalue weighted by atomic mass is 16.1. The van der Waals surface area contributed by atoms with Gasteiger partial charge in [-0.25, -0.2) is 0 Å². The van der Waals surface area contributed by atoms with Crippen LogP contribution in [0, 0.1) is 17.8 Å². The van der Waals surface area contributed by atoms with Gasteiger partial charge in [-0.3, -0.25) is 4.79 Å². The van der Waals surface area contributed by atoms with Crippen LogP contribution in [0.2, 0.25) is 0 Å². The molecule has 2 fully saturated rings. The molecule has 0 aromatic heterocycles. The van der Waals surface area contributed by atoms with Gasteiger partial charge < -0.3 is 5.32 Å². The van der Waals surface area contributed by atoms with E-state index in [-0.39, 0.29) is 5.91 Å². The van der Waals surface area contributed by atoms with E-state index in [1.807, 2.05) is 12.1 Å². The summed E-state index contributed by atoms with van der Waals surface area (Å²) in [6.07, 6.45) is 21.4. The number of hydrogen-bond acceptors (Lipinski definition) is 1. The van der Waals surface area contributed by atoms with Gasteiger partial charge in [0, 0.05) is 5.69 Å². The van der Waals surface area contributed by atoms with E-state index >= 15 is 0 Å². The lowest BCUT2D eigenvalue weighted by molar-refractivity contribution is -0.111. The molecule has 1 aromatic rings. The molecule has 0 atom stereocenters. The minimum atomic E-state index is -0.145. The highest BCUT2D eigenvalue weighted by Crippen LogP contribution is 2.40. The zero-order chi connectivity index (χ0) is 21.2. The lowest BCUT2D eigenvalue weighted by atomic mass is 9.74. The Labute approximate surface area is 184 Å². The molecule has 1 aromatic carbocycles. The summed E-state index contributed by atoms with van der Waals surface area (Å²) in [5.74, 6) is 3.56. The van der Waals surface area contributed by atoms with E-state index in [2.05, 4.69) is 31.0 Å². The first-order chi connectivity index (χ1) is 14.7. The van der Waals surface area contributed by atoms with Crippen molar-refractivity contribution in [2.24, 2.45) is 17.8 Å². The number of anilines is 1. The van der Waals surface area contributed by atoms with Crippen molar-refractivity contribution in [1.29, 1.82) is 0 Å². The number of carbonyl (C=O) groups excluding carboxylic acids is 1. The first kappa shape index (κ1) is 23.1. The summed E-state index contributed by atoms with van der Waals surface area (Å²) in [5.41, 5.74) is 2.30. The van der Waals surface area contributed by atoms with Crippen LogP contribution in [0.3, 0.4) is 0 Å². The molecule has 0 bridgehead atoms. The predicted molar refractivity (Wildman–Crippen MR) is 129 cm³/mol. The van der Waals surface area contributed by atoms with Crippen molar-refractivity contribution >= 4 is 11.6 Å². The molecule has 0 saturated heterocycles. The lowest BCUT2D eigenvalue weighted by Gasteiger charge is -2.32. The largest absolute Gasteiger partial charge is 0.323 e. The quantitative estimate of drug-likeness (QED) is 0.306. The van der Waals surface area contributed by atoms with Crippen LogP contribution >= 0.6 is 0 Å². The number of rotatable bonds is 10. The Bertz CT molecular complexity index is 633. The second-order valence-electron chi connectivity index (χ2n) is 9.99. The fraction of sp³-hybridized carbons (Fsp3) is 0.679. The Kier molecular flexibility index (Phi) is 9.49. The first-order valence-electron chi connectivity index (χ1n) is 12.7. The molecule has 2 nitrogen and oxygen atoms in total. The molecule has 2 heteroatoms. The molecule has 2 saturated carbocycles. The summed E-state index contributed by atoms with van der Waals surface area (Å²) >= 11 is 0. The molecule has 2 aliphatic rings. The number of amides is 1. The van der Waals surface area contributed by atoms with E-state index in [0.29, 0.717) is 5.92 Å². The van der Waals surface area contributed by atoms with Crippen molar-refractivity contribution in [2.45, 2.75) is 103 Å². The zero-order valence-electron chi connectivity index (χ0n) is 19.2. The van der Waals surface area contributed by atoms with Crippen LogP contribution in [0.5, 0.6) is 0 Å². The van der Waals surface area contributed by atoms with Crippen LogP contribution in [0.15, 0.2) is 36.9 Å². The molecule has 0 spiro atoms. The fourth-order valence-corrected chi connectivity index (χ4v) is 5.78. The molecular weight excluding hydrogens is 366 g/mol. The summed E-state index contributed by atoms with van der Waals surface area (Å²) < 4.78 is 0. The van der Waals surface area contributed by atoms with Crippen molar-refractivity contribution in [2.75, 3.05) is 5.32 Å². The molecule has 2 aliphatic carbocycles. The van der Waals surface area contributed by atoms with Crippen LogP contribution in [-0.2, 0) is 4.79 Å². The van der Waals surface area contributed by atoms with Gasteiger partial charge >= 0.3 is 0 Å². The summed E-state index contributed by atoms with van der Waals surface area (Å²) in [5, 5.41) is 2.83. The Morgan fingerprint density at radius 1 is 0.867 bits per heavy atom. The topological polar surface area (TPSA) is 29.1 Å². The molecule has 0 unspecified atom stereocenters. The van der Waals surface area contributed by atoms with Crippen molar-refractivity contribution in [3.63, 3.8) is 0 Å². The number of hydrogen-bond donors (Lipinski definition) is 1. The number of carbonyl (C=O) groups is 1. The van der Waals surface area contributed by atoms with E-state index in [1.165, 1.54) is 102 Å². The van der Waals surface area contributed by atoms with Gasteiger partial charge in [-0.15, -0.1) is 0 Å². The maximum Gasteiger partial charge on any atom is 0.247 e. The second kappa shape index (κ2) is 12.3. The number of benzene rings is 1. The minimum Gasteiger partial charge on any atom is -0.323 e. The summed E-state index contributed by atoms with van der Waals surface area (Å²) in [7, 11) is 0. The van der Waals surface area contributed by atoms with Gasteiger partial charge in [0.15, 0.2) is 0 Å². The highest BCUT2D eigenvalue weighted by Gasteiger charge is 2.25. The smallest absolute Gasteiger partial charge is 0.247 e. The van der Waals surface area contributed by atoms with Gasteiger partial charge in [-0.05, 0) is 73.1 Å². The second-order valence-corrected chi connectivity index (χ2v) is 9.99. The standard InChI is InChI=1S/C28H43NO/c1-3-5-6-7-22-8-10-23(11-9-22)12-13-24-14-16-25(17-15-24)26-18-20-27(21-19-26)29-28(30)4-2/h4,18-25H,2-3,5-17H2,1H3,(H,29,30). The van der Waals surface area contributed by atoms with Gasteiger partial charge in [0.1, 0.15) is 0 Å². The highest BCUT2D eigenvalue weighted by molar-refractivity contribution is 5.98. The van der Waals surface area contributed by atoms with Gasteiger partial charge in [0.2, 0.25) is 5.91 Å². The van der Waals surface area contributed by atoms with Crippen molar-refractivity contribution in [1.82, 2.24) is 0 Å². The Morgan fingerprint density at radius 3 is 1.93 bits per heavy atom. The number of nitrogens with one attached hydrogen (secondary N) is 1. The maximum absolute atomic E-state index is 11.4. The first-order valence-corrected chi connectivity index (χ1v) is 12.7. The zero-order valence-corrected chi connectivity index (χ0v) is 19.2. The van der Waals surface area contributed by atoms with Gasteiger partial charge in [-0.1, -0.05) is 89.8 Å². The van der Waals surface area contributed by atoms with Gasteiger partial charge in [0.05, 0.1) is 0 Å². The molecule has 3 rings (SSSR count). The predicted octanol–water partition coefficient (Wildman–Crippen LogP) is 8.25. The monoisotopic (exact) mass is 409 g/mol. The van der Waals surface area contributed by atoms with Gasteiger partial charge in [0.25, 0.3) is 0 Å². The van der Waals surface area contributed by atoms with E-state index < -0.39 is 0 Å². The summed E-state index contributed by atoms with van der Waals surface area (Å²) in [6.45, 7) is 5.82. The van der Waals surface area contributed by atoms with Crippen LogP contribution in [-0.4, -0.2) is 5.91 Å². The van der Waals surface area contributed by atoms with Crippen molar-refractivity contribution < 1.29 is 4.79 Å². The van der Waals surface area contributed by atoms with Crippen LogP contribution in [0.25, 0.3) is 0 Å². The SMILES string of the molecule is C=CC(=O)Nc1ccc(C2CCC(CCC3CCC(CCCCC)CC3)CC2)cc1. The molecule has 1 amide bonds. The maximum atomic E-state index is 11.4. The fourth-order valence-electron chi connectivity index (χ4n) is 5.78. The Morgan fingerprint density at radius 2 is 1.40 bits per heavy atom. The molecule has 30 heavy (non-hydrogen) atoms. The third kappa shape index (κ3) is 7.29. The van der Waals surface area contributed by atoms with E-state index in [4.69, 9.17) is 0 Å². The molecule has 1 N–H and O–H groups in total. The van der Waals surface area contributed by atoms with E-state index in [1.54, 1.807) is 0 Å². The Hall–Kier alpha value is -1.57. The molecule has 0 aliphatic heterocycles. The normalized spacial score (nSPS) is 26.8. The van der Waals surface area contributed by atoms with Crippen LogP contribution in [0.1, 0.15) is 108 Å². The van der Waals surface area contributed by atoms with Crippen molar-refractivity contribution in [3.05, 3.63) is 42.5 Å². The molecular formula is C28H43NO. The molecule has 0 heterocycles. The van der Waals surface area contributed by atoms with E-state index in [9.17, 15) is 4.79 Å². The minimum absolute atomic E-state index is 0.145. The molecule has 166 valence electrons. The third-order valence-electron chi connectivity index (χ3n) is 7.85. The number of unbranched alkanes of at least 4 members (excludes halogenated alkanes) is 2. The summed E-state index contributed by atoms with van der Waals surface area (Å²) in [4.78, 5) is 11.4. The van der Waals surface area contributed by atoms with Crippen LogP contribution < -0.4 is 5.32 Å². The third-order valence-corrected chi connectivity index (χ3v) is 7.85.